The fourth-order valence-electron chi connectivity index (χ4n) is 2.04. The maximum atomic E-state index is 13.6. The van der Waals surface area contributed by atoms with Crippen molar-refractivity contribution in [2.75, 3.05) is 7.11 Å². The molecule has 2 aromatic rings. The fraction of sp³-hybridized carbons (Fsp3) is 0.267. The van der Waals surface area contributed by atoms with Crippen LogP contribution in [0.25, 0.3) is 0 Å². The Hall–Kier alpha value is -2.70. The SMILES string of the molecule is COC(=O)C(NC(=O)Cc1ccccc1F)c1cncn1C. The molecule has 116 valence electrons. The number of imidazole rings is 1. The molecule has 0 saturated heterocycles. The first-order valence-electron chi connectivity index (χ1n) is 6.59. The minimum absolute atomic E-state index is 0.169. The van der Waals surface area contributed by atoms with Gasteiger partial charge < -0.3 is 14.6 Å². The average Bonchev–Trinajstić information content (AvgIpc) is 2.92. The average molecular weight is 305 g/mol. The van der Waals surface area contributed by atoms with Gasteiger partial charge in [-0.15, -0.1) is 0 Å². The van der Waals surface area contributed by atoms with E-state index in [1.54, 1.807) is 23.7 Å². The van der Waals surface area contributed by atoms with Crippen LogP contribution in [-0.4, -0.2) is 28.5 Å². The van der Waals surface area contributed by atoms with Crippen LogP contribution in [0.1, 0.15) is 17.3 Å². The highest BCUT2D eigenvalue weighted by Gasteiger charge is 2.26. The second kappa shape index (κ2) is 6.84. The van der Waals surface area contributed by atoms with Crippen LogP contribution in [0, 0.1) is 5.82 Å². The summed E-state index contributed by atoms with van der Waals surface area (Å²) in [4.78, 5) is 27.9. The van der Waals surface area contributed by atoms with Gasteiger partial charge in [-0.1, -0.05) is 18.2 Å². The third-order valence-corrected chi connectivity index (χ3v) is 3.20. The van der Waals surface area contributed by atoms with Gasteiger partial charge in [-0.05, 0) is 11.6 Å². The van der Waals surface area contributed by atoms with E-state index in [-0.39, 0.29) is 12.0 Å². The number of nitrogens with zero attached hydrogens (tertiary/aromatic N) is 2. The maximum Gasteiger partial charge on any atom is 0.334 e. The summed E-state index contributed by atoms with van der Waals surface area (Å²) in [5.74, 6) is -1.57. The van der Waals surface area contributed by atoms with E-state index in [1.807, 2.05) is 0 Å². The van der Waals surface area contributed by atoms with Crippen LogP contribution in [-0.2, 0) is 27.8 Å². The Bertz CT molecular complexity index is 684. The van der Waals surface area contributed by atoms with Gasteiger partial charge in [0.1, 0.15) is 5.82 Å². The highest BCUT2D eigenvalue weighted by Crippen LogP contribution is 2.14. The minimum Gasteiger partial charge on any atom is -0.467 e. The summed E-state index contributed by atoms with van der Waals surface area (Å²) in [5, 5.41) is 2.55. The number of hydrogen-bond acceptors (Lipinski definition) is 4. The Morgan fingerprint density at radius 1 is 1.41 bits per heavy atom. The van der Waals surface area contributed by atoms with E-state index in [4.69, 9.17) is 4.74 Å². The van der Waals surface area contributed by atoms with Gasteiger partial charge in [0.2, 0.25) is 5.91 Å². The zero-order valence-electron chi connectivity index (χ0n) is 12.2. The number of carbonyl (C=O) groups is 2. The summed E-state index contributed by atoms with van der Waals surface area (Å²) in [5.41, 5.74) is 0.738. The number of nitrogens with one attached hydrogen (secondary N) is 1. The molecule has 7 heteroatoms. The van der Waals surface area contributed by atoms with Crippen LogP contribution in [0.3, 0.4) is 0 Å². The molecular formula is C15H16FN3O3. The molecule has 1 heterocycles. The summed E-state index contributed by atoms with van der Waals surface area (Å²) in [6.07, 6.45) is 2.80. The third-order valence-electron chi connectivity index (χ3n) is 3.20. The van der Waals surface area contributed by atoms with Crippen molar-refractivity contribution in [3.05, 3.63) is 53.9 Å². The van der Waals surface area contributed by atoms with Gasteiger partial charge in [0.15, 0.2) is 6.04 Å². The zero-order chi connectivity index (χ0) is 16.1. The predicted molar refractivity (Wildman–Crippen MR) is 76.2 cm³/mol. The van der Waals surface area contributed by atoms with Crippen LogP contribution in [0.4, 0.5) is 4.39 Å². The molecule has 1 aromatic carbocycles. The number of methoxy groups -OCH3 is 1. The molecule has 1 atom stereocenters. The molecular weight excluding hydrogens is 289 g/mol. The van der Waals surface area contributed by atoms with E-state index in [0.717, 1.165) is 0 Å². The van der Waals surface area contributed by atoms with Crippen molar-refractivity contribution in [2.45, 2.75) is 12.5 Å². The molecule has 1 amide bonds. The molecule has 1 aromatic heterocycles. The molecule has 1 N–H and O–H groups in total. The summed E-state index contributed by atoms with van der Waals surface area (Å²) in [7, 11) is 2.93. The van der Waals surface area contributed by atoms with Crippen LogP contribution >= 0.6 is 0 Å². The van der Waals surface area contributed by atoms with Crippen molar-refractivity contribution in [2.24, 2.45) is 7.05 Å². The first kappa shape index (κ1) is 15.7. The topological polar surface area (TPSA) is 73.2 Å². The number of carbonyl (C=O) groups excluding carboxylic acids is 2. The van der Waals surface area contributed by atoms with Crippen LogP contribution in [0.15, 0.2) is 36.8 Å². The molecule has 0 aliphatic heterocycles. The lowest BCUT2D eigenvalue weighted by Crippen LogP contribution is -2.36. The number of ether oxygens (including phenoxy) is 1. The van der Waals surface area contributed by atoms with E-state index in [2.05, 4.69) is 10.3 Å². The second-order valence-electron chi connectivity index (χ2n) is 4.72. The van der Waals surface area contributed by atoms with Gasteiger partial charge in [-0.2, -0.15) is 0 Å². The van der Waals surface area contributed by atoms with Crippen LogP contribution in [0.5, 0.6) is 0 Å². The zero-order valence-corrected chi connectivity index (χ0v) is 12.2. The molecule has 2 rings (SSSR count). The molecule has 22 heavy (non-hydrogen) atoms. The molecule has 0 radical (unpaired) electrons. The van der Waals surface area contributed by atoms with Gasteiger partial charge in [0.25, 0.3) is 0 Å². The first-order valence-corrected chi connectivity index (χ1v) is 6.59. The Morgan fingerprint density at radius 3 is 2.73 bits per heavy atom. The largest absolute Gasteiger partial charge is 0.467 e. The quantitative estimate of drug-likeness (QED) is 0.841. The standard InChI is InChI=1S/C15H16FN3O3/c1-19-9-17-8-12(19)14(15(21)22-2)18-13(20)7-10-5-3-4-6-11(10)16/h3-6,8-9,14H,7H2,1-2H3,(H,18,20). The summed E-state index contributed by atoms with van der Waals surface area (Å²) >= 11 is 0. The van der Waals surface area contributed by atoms with Gasteiger partial charge in [0.05, 0.1) is 31.7 Å². The molecule has 0 fully saturated rings. The van der Waals surface area contributed by atoms with E-state index >= 15 is 0 Å². The third kappa shape index (κ3) is 3.49. The van der Waals surface area contributed by atoms with Crippen molar-refractivity contribution in [3.8, 4) is 0 Å². The van der Waals surface area contributed by atoms with Crippen LogP contribution in [0.2, 0.25) is 0 Å². The van der Waals surface area contributed by atoms with Gasteiger partial charge in [-0.25, -0.2) is 14.2 Å². The first-order chi connectivity index (χ1) is 10.5. The van der Waals surface area contributed by atoms with Gasteiger partial charge in [-0.3, -0.25) is 4.79 Å². The smallest absolute Gasteiger partial charge is 0.334 e. The monoisotopic (exact) mass is 305 g/mol. The van der Waals surface area contributed by atoms with Gasteiger partial charge in [0, 0.05) is 7.05 Å². The van der Waals surface area contributed by atoms with E-state index in [1.165, 1.54) is 31.8 Å². The van der Waals surface area contributed by atoms with Crippen molar-refractivity contribution in [1.82, 2.24) is 14.9 Å². The molecule has 1 unspecified atom stereocenters. The molecule has 0 bridgehead atoms. The summed E-state index contributed by atoms with van der Waals surface area (Å²) in [6.45, 7) is 0. The lowest BCUT2D eigenvalue weighted by Gasteiger charge is -2.17. The number of hydrogen-bond donors (Lipinski definition) is 1. The molecule has 6 nitrogen and oxygen atoms in total. The molecule has 0 aliphatic carbocycles. The molecule has 0 spiro atoms. The number of halogens is 1. The van der Waals surface area contributed by atoms with Crippen molar-refractivity contribution < 1.29 is 18.7 Å². The molecule has 0 saturated carbocycles. The number of amides is 1. The second-order valence-corrected chi connectivity index (χ2v) is 4.72. The lowest BCUT2D eigenvalue weighted by atomic mass is 10.1. The molecule has 0 aliphatic rings. The number of aromatic nitrogens is 2. The van der Waals surface area contributed by atoms with E-state index in [9.17, 15) is 14.0 Å². The van der Waals surface area contributed by atoms with Crippen LogP contribution < -0.4 is 5.32 Å². The predicted octanol–water partition coefficient (Wildman–Crippen LogP) is 1.13. The van der Waals surface area contributed by atoms with Gasteiger partial charge >= 0.3 is 5.97 Å². The van der Waals surface area contributed by atoms with Crippen molar-refractivity contribution in [1.29, 1.82) is 0 Å². The minimum atomic E-state index is -0.989. The van der Waals surface area contributed by atoms with Crippen molar-refractivity contribution >= 4 is 11.9 Å². The number of rotatable bonds is 5. The normalized spacial score (nSPS) is 11.8. The Balaban J connectivity index is 2.14. The lowest BCUT2D eigenvalue weighted by molar-refractivity contribution is -0.145. The van der Waals surface area contributed by atoms with Crippen molar-refractivity contribution in [3.63, 3.8) is 0 Å². The number of esters is 1. The Labute approximate surface area is 126 Å². The number of benzene rings is 1. The maximum absolute atomic E-state index is 13.6. The summed E-state index contributed by atoms with van der Waals surface area (Å²) in [6, 6.07) is 5.00. The Morgan fingerprint density at radius 2 is 2.14 bits per heavy atom. The van der Waals surface area contributed by atoms with E-state index < -0.39 is 23.7 Å². The summed E-state index contributed by atoms with van der Waals surface area (Å²) < 4.78 is 19.9. The highest BCUT2D eigenvalue weighted by atomic mass is 19.1. The highest BCUT2D eigenvalue weighted by molar-refractivity contribution is 5.86. The number of aryl methyl sites for hydroxylation is 1. The Kier molecular flexibility index (Phi) is 4.88. The van der Waals surface area contributed by atoms with E-state index in [0.29, 0.717) is 5.69 Å². The fourth-order valence-corrected chi connectivity index (χ4v) is 2.04.